The zero-order chi connectivity index (χ0) is 12.1. The number of halogens is 1. The number of rotatable bonds is 4. The summed E-state index contributed by atoms with van der Waals surface area (Å²) in [6.07, 6.45) is 0.888. The molecular weight excluding hydrogens is 276 g/mol. The van der Waals surface area contributed by atoms with Crippen molar-refractivity contribution in [3.8, 4) is 0 Å². The first-order valence-corrected chi connectivity index (χ1v) is 6.34. The van der Waals surface area contributed by atoms with Gasteiger partial charge in [0.15, 0.2) is 0 Å². The van der Waals surface area contributed by atoms with Crippen LogP contribution in [0.1, 0.15) is 17.2 Å². The van der Waals surface area contributed by atoms with Crippen molar-refractivity contribution >= 4 is 15.9 Å². The lowest BCUT2D eigenvalue weighted by Crippen LogP contribution is -2.29. The normalized spacial score (nSPS) is 12.4. The molecule has 0 amide bonds. The molecule has 0 bridgehead atoms. The molecule has 17 heavy (non-hydrogen) atoms. The summed E-state index contributed by atoms with van der Waals surface area (Å²) in [5, 5.41) is 0. The van der Waals surface area contributed by atoms with E-state index in [0.29, 0.717) is 0 Å². The summed E-state index contributed by atoms with van der Waals surface area (Å²) in [4.78, 5) is 0. The Labute approximate surface area is 110 Å². The average Bonchev–Trinajstić information content (AvgIpc) is 2.38. The van der Waals surface area contributed by atoms with Crippen LogP contribution in [0.2, 0.25) is 0 Å². The van der Waals surface area contributed by atoms with E-state index < -0.39 is 0 Å². The monoisotopic (exact) mass is 290 g/mol. The highest BCUT2D eigenvalue weighted by Gasteiger charge is 2.09. The molecule has 2 nitrogen and oxygen atoms in total. The average molecular weight is 291 g/mol. The Morgan fingerprint density at radius 1 is 1.00 bits per heavy atom. The third kappa shape index (κ3) is 3.40. The van der Waals surface area contributed by atoms with E-state index in [0.717, 1.165) is 10.9 Å². The van der Waals surface area contributed by atoms with Crippen molar-refractivity contribution in [2.75, 3.05) is 0 Å². The lowest BCUT2D eigenvalue weighted by molar-refractivity contribution is 0.552. The largest absolute Gasteiger partial charge is 0.271 e. The molecule has 0 spiro atoms. The van der Waals surface area contributed by atoms with Gasteiger partial charge in [0.1, 0.15) is 0 Å². The molecule has 0 heterocycles. The smallest absolute Gasteiger partial charge is 0.0500 e. The maximum atomic E-state index is 5.63. The molecule has 0 aromatic heterocycles. The van der Waals surface area contributed by atoms with Crippen LogP contribution in [0.5, 0.6) is 0 Å². The van der Waals surface area contributed by atoms with Crippen molar-refractivity contribution < 1.29 is 0 Å². The van der Waals surface area contributed by atoms with E-state index in [2.05, 4.69) is 45.6 Å². The van der Waals surface area contributed by atoms with E-state index in [9.17, 15) is 0 Å². The van der Waals surface area contributed by atoms with Crippen molar-refractivity contribution in [3.05, 3.63) is 70.2 Å². The number of hydrogen-bond acceptors (Lipinski definition) is 2. The Kier molecular flexibility index (Phi) is 4.31. The summed E-state index contributed by atoms with van der Waals surface area (Å²) < 4.78 is 1.08. The molecule has 2 rings (SSSR count). The van der Waals surface area contributed by atoms with Crippen molar-refractivity contribution in [2.24, 2.45) is 5.84 Å². The van der Waals surface area contributed by atoms with Gasteiger partial charge >= 0.3 is 0 Å². The van der Waals surface area contributed by atoms with Gasteiger partial charge in [-0.1, -0.05) is 58.4 Å². The fourth-order valence-electron chi connectivity index (χ4n) is 1.82. The molecule has 0 fully saturated rings. The van der Waals surface area contributed by atoms with Gasteiger partial charge in [0.25, 0.3) is 0 Å². The predicted octanol–water partition coefficient (Wildman–Crippen LogP) is 3.20. The van der Waals surface area contributed by atoms with Crippen LogP contribution in [0.15, 0.2) is 59.1 Å². The van der Waals surface area contributed by atoms with Gasteiger partial charge in [-0.15, -0.1) is 0 Å². The highest BCUT2D eigenvalue weighted by molar-refractivity contribution is 9.10. The summed E-state index contributed by atoms with van der Waals surface area (Å²) >= 11 is 3.43. The van der Waals surface area contributed by atoms with Gasteiger partial charge in [0.05, 0.1) is 0 Å². The molecular formula is C14H15BrN2. The number of nitrogens with one attached hydrogen (secondary N) is 1. The lowest BCUT2D eigenvalue weighted by atomic mass is 10.00. The number of hydrazine groups is 1. The van der Waals surface area contributed by atoms with Crippen LogP contribution >= 0.6 is 15.9 Å². The topological polar surface area (TPSA) is 38.0 Å². The van der Waals surface area contributed by atoms with Gasteiger partial charge in [-0.25, -0.2) is 0 Å². The summed E-state index contributed by atoms with van der Waals surface area (Å²) in [7, 11) is 0. The van der Waals surface area contributed by atoms with Crippen LogP contribution < -0.4 is 11.3 Å². The highest BCUT2D eigenvalue weighted by Crippen LogP contribution is 2.19. The molecule has 88 valence electrons. The van der Waals surface area contributed by atoms with Crippen LogP contribution in [0, 0.1) is 0 Å². The number of benzene rings is 2. The van der Waals surface area contributed by atoms with E-state index >= 15 is 0 Å². The maximum Gasteiger partial charge on any atom is 0.0500 e. The molecule has 3 heteroatoms. The van der Waals surface area contributed by atoms with E-state index in [1.165, 1.54) is 11.1 Å². The fraction of sp³-hybridized carbons (Fsp3) is 0.143. The lowest BCUT2D eigenvalue weighted by Gasteiger charge is -2.16. The first kappa shape index (κ1) is 12.3. The van der Waals surface area contributed by atoms with Crippen LogP contribution in [-0.2, 0) is 6.42 Å². The first-order valence-electron chi connectivity index (χ1n) is 5.55. The molecule has 0 aliphatic heterocycles. The fourth-order valence-corrected chi connectivity index (χ4v) is 2.08. The molecule has 2 aromatic rings. The van der Waals surface area contributed by atoms with Gasteiger partial charge in [0, 0.05) is 10.5 Å². The quantitative estimate of drug-likeness (QED) is 0.670. The Balaban J connectivity index is 2.14. The maximum absolute atomic E-state index is 5.63. The summed E-state index contributed by atoms with van der Waals surface area (Å²) in [5.74, 6) is 5.63. The van der Waals surface area contributed by atoms with Crippen LogP contribution in [0.3, 0.4) is 0 Å². The van der Waals surface area contributed by atoms with Crippen LogP contribution in [0.4, 0.5) is 0 Å². The van der Waals surface area contributed by atoms with E-state index in [-0.39, 0.29) is 6.04 Å². The SMILES string of the molecule is NN[C@@H](Cc1ccccc1)c1ccc(Br)cc1. The Morgan fingerprint density at radius 3 is 2.24 bits per heavy atom. The molecule has 3 N–H and O–H groups in total. The van der Waals surface area contributed by atoms with Gasteiger partial charge in [-0.05, 0) is 29.7 Å². The number of hydrogen-bond donors (Lipinski definition) is 2. The molecule has 0 aliphatic carbocycles. The van der Waals surface area contributed by atoms with Gasteiger partial charge in [0.2, 0.25) is 0 Å². The van der Waals surface area contributed by atoms with Gasteiger partial charge in [-0.2, -0.15) is 0 Å². The van der Waals surface area contributed by atoms with Crippen molar-refractivity contribution in [3.63, 3.8) is 0 Å². The van der Waals surface area contributed by atoms with Crippen molar-refractivity contribution in [1.82, 2.24) is 5.43 Å². The van der Waals surface area contributed by atoms with Crippen molar-refractivity contribution in [1.29, 1.82) is 0 Å². The van der Waals surface area contributed by atoms with E-state index in [1.807, 2.05) is 30.3 Å². The minimum atomic E-state index is 0.144. The Morgan fingerprint density at radius 2 is 1.65 bits per heavy atom. The summed E-state index contributed by atoms with van der Waals surface area (Å²) in [6.45, 7) is 0. The third-order valence-electron chi connectivity index (χ3n) is 2.76. The van der Waals surface area contributed by atoms with E-state index in [4.69, 9.17) is 5.84 Å². The molecule has 1 atom stereocenters. The second kappa shape index (κ2) is 5.96. The van der Waals surface area contributed by atoms with Crippen molar-refractivity contribution in [2.45, 2.75) is 12.5 Å². The number of nitrogens with two attached hydrogens (primary N) is 1. The predicted molar refractivity (Wildman–Crippen MR) is 74.4 cm³/mol. The minimum Gasteiger partial charge on any atom is -0.271 e. The van der Waals surface area contributed by atoms with E-state index in [1.54, 1.807) is 0 Å². The second-order valence-corrected chi connectivity index (χ2v) is 4.88. The minimum absolute atomic E-state index is 0.144. The van der Waals surface area contributed by atoms with Gasteiger partial charge in [-0.3, -0.25) is 11.3 Å². The molecule has 0 aliphatic rings. The second-order valence-electron chi connectivity index (χ2n) is 3.96. The summed E-state index contributed by atoms with van der Waals surface area (Å²) in [6, 6.07) is 18.7. The molecule has 0 radical (unpaired) electrons. The standard InChI is InChI=1S/C14H15BrN2/c15-13-8-6-12(7-9-13)14(17-16)10-11-4-2-1-3-5-11/h1-9,14,17H,10,16H2/t14-/m0/s1. The molecule has 0 unspecified atom stereocenters. The Hall–Kier alpha value is -1.16. The zero-order valence-corrected chi connectivity index (χ0v) is 11.0. The van der Waals surface area contributed by atoms with Crippen LogP contribution in [-0.4, -0.2) is 0 Å². The Bertz CT molecular complexity index is 453. The first-order chi connectivity index (χ1) is 8.29. The highest BCUT2D eigenvalue weighted by atomic mass is 79.9. The van der Waals surface area contributed by atoms with Crippen LogP contribution in [0.25, 0.3) is 0 Å². The molecule has 0 saturated heterocycles. The molecule has 2 aromatic carbocycles. The van der Waals surface area contributed by atoms with Gasteiger partial charge < -0.3 is 0 Å². The molecule has 0 saturated carbocycles. The zero-order valence-electron chi connectivity index (χ0n) is 9.44. The summed E-state index contributed by atoms with van der Waals surface area (Å²) in [5.41, 5.74) is 5.34. The third-order valence-corrected chi connectivity index (χ3v) is 3.28.